The Morgan fingerprint density at radius 1 is 0.960 bits per heavy atom. The Kier molecular flexibility index (Phi) is 4.86. The molecule has 0 aliphatic heterocycles. The number of nitrogens with one attached hydrogen (secondary N) is 1. The molecule has 6 heteroatoms. The van der Waals surface area contributed by atoms with E-state index in [0.29, 0.717) is 27.7 Å². The zero-order valence-electron chi connectivity index (χ0n) is 13.4. The maximum atomic E-state index is 12.3. The summed E-state index contributed by atoms with van der Waals surface area (Å²) >= 11 is 5.86. The number of carbonyl (C=O) groups excluding carboxylic acids is 2. The van der Waals surface area contributed by atoms with Gasteiger partial charge in [0.05, 0.1) is 5.56 Å². The van der Waals surface area contributed by atoms with Crippen LogP contribution in [0.15, 0.2) is 60.9 Å². The van der Waals surface area contributed by atoms with Gasteiger partial charge in [0, 0.05) is 34.2 Å². The van der Waals surface area contributed by atoms with Crippen molar-refractivity contribution in [3.8, 4) is 11.4 Å². The van der Waals surface area contributed by atoms with E-state index in [-0.39, 0.29) is 11.7 Å². The smallest absolute Gasteiger partial charge is 0.258 e. The Balaban J connectivity index is 1.75. The standard InChI is InChI=1S/C19H14ClN3O2/c1-12(24)14-3-2-4-17(9-14)23-19(25)15-10-21-18(22-11-15)13-5-7-16(20)8-6-13/h2-11H,1H3,(H,23,25). The van der Waals surface area contributed by atoms with Gasteiger partial charge in [0.2, 0.25) is 0 Å². The first kappa shape index (κ1) is 16.8. The molecule has 0 spiro atoms. The molecule has 1 aromatic heterocycles. The SMILES string of the molecule is CC(=O)c1cccc(NC(=O)c2cnc(-c3ccc(Cl)cc3)nc2)c1. The molecule has 0 radical (unpaired) electrons. The summed E-state index contributed by atoms with van der Waals surface area (Å²) < 4.78 is 0. The summed E-state index contributed by atoms with van der Waals surface area (Å²) in [6, 6.07) is 13.9. The van der Waals surface area contributed by atoms with Crippen LogP contribution >= 0.6 is 11.6 Å². The second-order valence-electron chi connectivity index (χ2n) is 5.39. The van der Waals surface area contributed by atoms with Crippen molar-refractivity contribution in [3.63, 3.8) is 0 Å². The minimum Gasteiger partial charge on any atom is -0.322 e. The van der Waals surface area contributed by atoms with Gasteiger partial charge in [-0.05, 0) is 43.3 Å². The third-order valence-electron chi connectivity index (χ3n) is 3.54. The Morgan fingerprint density at radius 2 is 1.64 bits per heavy atom. The van der Waals surface area contributed by atoms with Gasteiger partial charge < -0.3 is 5.32 Å². The third-order valence-corrected chi connectivity index (χ3v) is 3.80. The van der Waals surface area contributed by atoms with Crippen LogP contribution in [0.3, 0.4) is 0 Å². The first-order valence-corrected chi connectivity index (χ1v) is 7.91. The minimum absolute atomic E-state index is 0.0632. The number of rotatable bonds is 4. The molecule has 1 heterocycles. The quantitative estimate of drug-likeness (QED) is 0.713. The average molecular weight is 352 g/mol. The first-order chi connectivity index (χ1) is 12.0. The topological polar surface area (TPSA) is 72.0 Å². The molecule has 124 valence electrons. The van der Waals surface area contributed by atoms with Gasteiger partial charge in [-0.3, -0.25) is 9.59 Å². The zero-order chi connectivity index (χ0) is 17.8. The predicted octanol–water partition coefficient (Wildman–Crippen LogP) is 4.25. The molecule has 0 aliphatic carbocycles. The van der Waals surface area contributed by atoms with Gasteiger partial charge in [-0.1, -0.05) is 23.7 Å². The summed E-state index contributed by atoms with van der Waals surface area (Å²) in [5.74, 6) is 0.0990. The van der Waals surface area contributed by atoms with Crippen LogP contribution in [0, 0.1) is 0 Å². The number of benzene rings is 2. The van der Waals surface area contributed by atoms with Crippen LogP contribution in [0.4, 0.5) is 5.69 Å². The molecule has 0 saturated heterocycles. The molecule has 3 rings (SSSR count). The molecular weight excluding hydrogens is 338 g/mol. The lowest BCUT2D eigenvalue weighted by molar-refractivity contribution is 0.101. The highest BCUT2D eigenvalue weighted by Crippen LogP contribution is 2.18. The van der Waals surface area contributed by atoms with Crippen LogP contribution in [-0.2, 0) is 0 Å². The first-order valence-electron chi connectivity index (χ1n) is 7.53. The molecule has 0 unspecified atom stereocenters. The maximum Gasteiger partial charge on any atom is 0.258 e. The second-order valence-corrected chi connectivity index (χ2v) is 5.83. The number of Topliss-reactive ketones (excluding diaryl/α,β-unsaturated/α-hetero) is 1. The fraction of sp³-hybridized carbons (Fsp3) is 0.0526. The number of nitrogens with zero attached hydrogens (tertiary/aromatic N) is 2. The number of anilines is 1. The summed E-state index contributed by atoms with van der Waals surface area (Å²) in [5.41, 5.74) is 2.21. The van der Waals surface area contributed by atoms with Crippen molar-refractivity contribution < 1.29 is 9.59 Å². The van der Waals surface area contributed by atoms with Gasteiger partial charge in [-0.15, -0.1) is 0 Å². The van der Waals surface area contributed by atoms with E-state index in [1.807, 2.05) is 12.1 Å². The van der Waals surface area contributed by atoms with Gasteiger partial charge in [0.1, 0.15) is 0 Å². The number of carbonyl (C=O) groups is 2. The molecular formula is C19H14ClN3O2. The van der Waals surface area contributed by atoms with Crippen LogP contribution in [0.1, 0.15) is 27.6 Å². The number of halogens is 1. The van der Waals surface area contributed by atoms with E-state index in [9.17, 15) is 9.59 Å². The fourth-order valence-electron chi connectivity index (χ4n) is 2.21. The molecule has 2 aromatic carbocycles. The molecule has 0 saturated carbocycles. The molecule has 0 aliphatic rings. The van der Waals surface area contributed by atoms with Crippen LogP contribution < -0.4 is 5.32 Å². The predicted molar refractivity (Wildman–Crippen MR) is 96.9 cm³/mol. The monoisotopic (exact) mass is 351 g/mol. The largest absolute Gasteiger partial charge is 0.322 e. The summed E-state index contributed by atoms with van der Waals surface area (Å²) in [5, 5.41) is 3.36. The molecule has 0 fully saturated rings. The van der Waals surface area contributed by atoms with Crippen molar-refractivity contribution in [1.29, 1.82) is 0 Å². The van der Waals surface area contributed by atoms with Gasteiger partial charge in [0.25, 0.3) is 5.91 Å². The maximum absolute atomic E-state index is 12.3. The molecule has 3 aromatic rings. The number of aromatic nitrogens is 2. The van der Waals surface area contributed by atoms with E-state index in [2.05, 4.69) is 15.3 Å². The Morgan fingerprint density at radius 3 is 2.28 bits per heavy atom. The number of ketones is 1. The molecule has 1 amide bonds. The van der Waals surface area contributed by atoms with Crippen molar-refractivity contribution >= 4 is 29.0 Å². The zero-order valence-corrected chi connectivity index (χ0v) is 14.1. The van der Waals surface area contributed by atoms with Crippen molar-refractivity contribution in [2.75, 3.05) is 5.32 Å². The molecule has 1 N–H and O–H groups in total. The van der Waals surface area contributed by atoms with Crippen molar-refractivity contribution in [1.82, 2.24) is 9.97 Å². The van der Waals surface area contributed by atoms with E-state index in [1.54, 1.807) is 36.4 Å². The second kappa shape index (κ2) is 7.23. The fourth-order valence-corrected chi connectivity index (χ4v) is 2.34. The molecule has 0 atom stereocenters. The third kappa shape index (κ3) is 4.08. The van der Waals surface area contributed by atoms with Crippen LogP contribution in [0.2, 0.25) is 5.02 Å². The minimum atomic E-state index is -0.344. The highest BCUT2D eigenvalue weighted by molar-refractivity contribution is 6.30. The summed E-state index contributed by atoms with van der Waals surface area (Å²) in [7, 11) is 0. The molecule has 5 nitrogen and oxygen atoms in total. The summed E-state index contributed by atoms with van der Waals surface area (Å²) in [6.07, 6.45) is 2.92. The summed E-state index contributed by atoms with van der Waals surface area (Å²) in [4.78, 5) is 32.1. The Bertz CT molecular complexity index is 922. The number of amides is 1. The van der Waals surface area contributed by atoms with Crippen LogP contribution in [-0.4, -0.2) is 21.7 Å². The highest BCUT2D eigenvalue weighted by atomic mass is 35.5. The number of hydrogen-bond acceptors (Lipinski definition) is 4. The average Bonchev–Trinajstić information content (AvgIpc) is 2.63. The van der Waals surface area contributed by atoms with E-state index in [4.69, 9.17) is 11.6 Å². The van der Waals surface area contributed by atoms with Crippen molar-refractivity contribution in [3.05, 3.63) is 77.1 Å². The van der Waals surface area contributed by atoms with Crippen molar-refractivity contribution in [2.24, 2.45) is 0 Å². The van der Waals surface area contributed by atoms with E-state index < -0.39 is 0 Å². The Labute approximate surface area is 149 Å². The van der Waals surface area contributed by atoms with E-state index in [0.717, 1.165) is 5.56 Å². The van der Waals surface area contributed by atoms with Gasteiger partial charge in [-0.2, -0.15) is 0 Å². The van der Waals surface area contributed by atoms with Gasteiger partial charge in [-0.25, -0.2) is 9.97 Å². The van der Waals surface area contributed by atoms with Crippen molar-refractivity contribution in [2.45, 2.75) is 6.92 Å². The molecule has 25 heavy (non-hydrogen) atoms. The molecule has 0 bridgehead atoms. The normalized spacial score (nSPS) is 10.3. The van der Waals surface area contributed by atoms with Gasteiger partial charge >= 0.3 is 0 Å². The number of hydrogen-bond donors (Lipinski definition) is 1. The van der Waals surface area contributed by atoms with E-state index >= 15 is 0 Å². The van der Waals surface area contributed by atoms with Crippen LogP contribution in [0.5, 0.6) is 0 Å². The Hall–Kier alpha value is -3.05. The van der Waals surface area contributed by atoms with Gasteiger partial charge in [0.15, 0.2) is 11.6 Å². The van der Waals surface area contributed by atoms with Crippen LogP contribution in [0.25, 0.3) is 11.4 Å². The highest BCUT2D eigenvalue weighted by Gasteiger charge is 2.09. The lowest BCUT2D eigenvalue weighted by Crippen LogP contribution is -2.13. The lowest BCUT2D eigenvalue weighted by atomic mass is 10.1. The van der Waals surface area contributed by atoms with E-state index in [1.165, 1.54) is 19.3 Å². The summed E-state index contributed by atoms with van der Waals surface area (Å²) in [6.45, 7) is 1.48. The lowest BCUT2D eigenvalue weighted by Gasteiger charge is -2.07.